The standard InChI is InChI=1S/C20H27N3O2/c1-14-13-18(16(3)19(15(14)2)20(24)22(4)5)25-12-11-23(6)17-7-9-21-10-8-17/h7-10,13H,11-12H2,1-6H3. The van der Waals surface area contributed by atoms with E-state index in [1.807, 2.05) is 46.0 Å². The molecule has 0 atom stereocenters. The van der Waals surface area contributed by atoms with E-state index in [1.54, 1.807) is 31.4 Å². The van der Waals surface area contributed by atoms with Crippen LogP contribution in [0.2, 0.25) is 0 Å². The van der Waals surface area contributed by atoms with Crippen LogP contribution in [0.3, 0.4) is 0 Å². The lowest BCUT2D eigenvalue weighted by Crippen LogP contribution is -2.25. The first-order valence-electron chi connectivity index (χ1n) is 8.39. The summed E-state index contributed by atoms with van der Waals surface area (Å²) in [6.45, 7) is 7.23. The number of amides is 1. The van der Waals surface area contributed by atoms with Crippen LogP contribution in [0.25, 0.3) is 0 Å². The van der Waals surface area contributed by atoms with E-state index < -0.39 is 0 Å². The third kappa shape index (κ3) is 4.29. The lowest BCUT2D eigenvalue weighted by atomic mass is 9.96. The van der Waals surface area contributed by atoms with Gasteiger partial charge in [-0.25, -0.2) is 0 Å². The minimum absolute atomic E-state index is 0.0115. The fraction of sp³-hybridized carbons (Fsp3) is 0.400. The van der Waals surface area contributed by atoms with Crippen LogP contribution < -0.4 is 9.64 Å². The molecule has 25 heavy (non-hydrogen) atoms. The van der Waals surface area contributed by atoms with Gasteiger partial charge in [-0.1, -0.05) is 0 Å². The number of hydrogen-bond donors (Lipinski definition) is 0. The van der Waals surface area contributed by atoms with Gasteiger partial charge in [0.25, 0.3) is 5.91 Å². The molecule has 1 aromatic heterocycles. The average Bonchev–Trinajstić information content (AvgIpc) is 2.60. The molecule has 5 heteroatoms. The Labute approximate surface area is 150 Å². The second kappa shape index (κ2) is 8.01. The van der Waals surface area contributed by atoms with Crippen molar-refractivity contribution in [2.45, 2.75) is 20.8 Å². The quantitative estimate of drug-likeness (QED) is 0.809. The zero-order valence-corrected chi connectivity index (χ0v) is 16.0. The Kier molecular flexibility index (Phi) is 6.02. The van der Waals surface area contributed by atoms with Gasteiger partial charge in [0.2, 0.25) is 0 Å². The lowest BCUT2D eigenvalue weighted by Gasteiger charge is -2.22. The highest BCUT2D eigenvalue weighted by molar-refractivity contribution is 5.97. The van der Waals surface area contributed by atoms with Crippen molar-refractivity contribution in [2.75, 3.05) is 39.2 Å². The predicted molar refractivity (Wildman–Crippen MR) is 102 cm³/mol. The molecule has 1 amide bonds. The molecular formula is C20H27N3O2. The molecule has 2 aromatic rings. The second-order valence-corrected chi connectivity index (χ2v) is 6.49. The number of carbonyl (C=O) groups is 1. The number of rotatable bonds is 6. The zero-order valence-electron chi connectivity index (χ0n) is 16.0. The summed E-state index contributed by atoms with van der Waals surface area (Å²) in [4.78, 5) is 20.3. The van der Waals surface area contributed by atoms with Gasteiger partial charge >= 0.3 is 0 Å². The normalized spacial score (nSPS) is 10.5. The fourth-order valence-electron chi connectivity index (χ4n) is 2.73. The van der Waals surface area contributed by atoms with E-state index >= 15 is 0 Å². The Morgan fingerprint density at radius 2 is 1.72 bits per heavy atom. The number of pyridine rings is 1. The molecule has 2 rings (SSSR count). The van der Waals surface area contributed by atoms with Crippen LogP contribution in [0.5, 0.6) is 5.75 Å². The molecule has 1 aromatic carbocycles. The zero-order chi connectivity index (χ0) is 18.6. The van der Waals surface area contributed by atoms with Gasteiger partial charge in [-0.05, 0) is 50.1 Å². The molecule has 0 aliphatic heterocycles. The van der Waals surface area contributed by atoms with Crippen LogP contribution in [0, 0.1) is 20.8 Å². The minimum atomic E-state index is 0.0115. The van der Waals surface area contributed by atoms with Gasteiger partial charge in [-0.3, -0.25) is 9.78 Å². The van der Waals surface area contributed by atoms with Gasteiger partial charge < -0.3 is 14.5 Å². The number of likely N-dealkylation sites (N-methyl/N-ethyl adjacent to an activating group) is 1. The Hall–Kier alpha value is -2.56. The van der Waals surface area contributed by atoms with Gasteiger partial charge in [-0.15, -0.1) is 0 Å². The summed E-state index contributed by atoms with van der Waals surface area (Å²) in [7, 11) is 5.56. The number of hydrogen-bond acceptors (Lipinski definition) is 4. The van der Waals surface area contributed by atoms with Crippen LogP contribution in [-0.2, 0) is 0 Å². The third-order valence-corrected chi connectivity index (χ3v) is 4.47. The predicted octanol–water partition coefficient (Wildman–Crippen LogP) is 3.22. The van der Waals surface area contributed by atoms with E-state index in [4.69, 9.17) is 4.74 Å². The Morgan fingerprint density at radius 3 is 2.32 bits per heavy atom. The maximum Gasteiger partial charge on any atom is 0.254 e. The number of aromatic nitrogens is 1. The van der Waals surface area contributed by atoms with E-state index in [0.29, 0.717) is 6.61 Å². The molecule has 0 bridgehead atoms. The highest BCUT2D eigenvalue weighted by Gasteiger charge is 2.19. The highest BCUT2D eigenvalue weighted by Crippen LogP contribution is 2.28. The van der Waals surface area contributed by atoms with E-state index in [0.717, 1.165) is 40.2 Å². The van der Waals surface area contributed by atoms with Crippen molar-refractivity contribution in [2.24, 2.45) is 0 Å². The topological polar surface area (TPSA) is 45.7 Å². The smallest absolute Gasteiger partial charge is 0.254 e. The molecule has 134 valence electrons. The summed E-state index contributed by atoms with van der Waals surface area (Å²) in [5, 5.41) is 0. The Bertz CT molecular complexity index is 742. The first-order valence-corrected chi connectivity index (χ1v) is 8.39. The Balaban J connectivity index is 2.13. The molecule has 0 fully saturated rings. The number of ether oxygens (including phenoxy) is 1. The van der Waals surface area contributed by atoms with Crippen LogP contribution in [0.1, 0.15) is 27.0 Å². The van der Waals surface area contributed by atoms with Crippen LogP contribution in [0.4, 0.5) is 5.69 Å². The molecule has 1 heterocycles. The van der Waals surface area contributed by atoms with Gasteiger partial charge in [0.1, 0.15) is 12.4 Å². The first-order chi connectivity index (χ1) is 11.8. The summed E-state index contributed by atoms with van der Waals surface area (Å²) < 4.78 is 6.01. The molecular weight excluding hydrogens is 314 g/mol. The van der Waals surface area contributed by atoms with E-state index in [2.05, 4.69) is 9.88 Å². The van der Waals surface area contributed by atoms with E-state index in [9.17, 15) is 4.79 Å². The average molecular weight is 341 g/mol. The van der Waals surface area contributed by atoms with E-state index in [-0.39, 0.29) is 5.91 Å². The molecule has 0 unspecified atom stereocenters. The van der Waals surface area contributed by atoms with Gasteiger partial charge in [0, 0.05) is 50.4 Å². The van der Waals surface area contributed by atoms with Crippen LogP contribution in [-0.4, -0.2) is 50.1 Å². The minimum Gasteiger partial charge on any atom is -0.491 e. The summed E-state index contributed by atoms with van der Waals surface area (Å²) >= 11 is 0. The number of aryl methyl sites for hydroxylation is 1. The highest BCUT2D eigenvalue weighted by atomic mass is 16.5. The summed E-state index contributed by atoms with van der Waals surface area (Å²) in [5.74, 6) is 0.786. The summed E-state index contributed by atoms with van der Waals surface area (Å²) in [6, 6.07) is 5.95. The Morgan fingerprint density at radius 1 is 1.08 bits per heavy atom. The van der Waals surface area contributed by atoms with Crippen molar-refractivity contribution in [3.8, 4) is 5.75 Å². The number of carbonyl (C=O) groups excluding carboxylic acids is 1. The first kappa shape index (κ1) is 18.8. The van der Waals surface area contributed by atoms with Crippen molar-refractivity contribution < 1.29 is 9.53 Å². The third-order valence-electron chi connectivity index (χ3n) is 4.47. The molecule has 0 saturated heterocycles. The van der Waals surface area contributed by atoms with Crippen molar-refractivity contribution >= 4 is 11.6 Å². The van der Waals surface area contributed by atoms with Crippen molar-refractivity contribution in [1.82, 2.24) is 9.88 Å². The number of benzene rings is 1. The molecule has 0 radical (unpaired) electrons. The van der Waals surface area contributed by atoms with Crippen molar-refractivity contribution in [1.29, 1.82) is 0 Å². The van der Waals surface area contributed by atoms with Gasteiger partial charge in [0.05, 0.1) is 6.54 Å². The molecule has 5 nitrogen and oxygen atoms in total. The van der Waals surface area contributed by atoms with E-state index in [1.165, 1.54) is 0 Å². The molecule has 0 spiro atoms. The molecule has 0 saturated carbocycles. The number of nitrogens with zero attached hydrogens (tertiary/aromatic N) is 3. The largest absolute Gasteiger partial charge is 0.491 e. The SMILES string of the molecule is Cc1cc(OCCN(C)c2ccncc2)c(C)c(C(=O)N(C)C)c1C. The molecule has 0 aliphatic carbocycles. The van der Waals surface area contributed by atoms with Crippen molar-refractivity contribution in [3.63, 3.8) is 0 Å². The second-order valence-electron chi connectivity index (χ2n) is 6.49. The van der Waals surface area contributed by atoms with Gasteiger partial charge in [0.15, 0.2) is 0 Å². The monoisotopic (exact) mass is 341 g/mol. The summed E-state index contributed by atoms with van der Waals surface area (Å²) in [5.41, 5.74) is 4.81. The van der Waals surface area contributed by atoms with Crippen molar-refractivity contribution in [3.05, 3.63) is 52.8 Å². The molecule has 0 N–H and O–H groups in total. The van der Waals surface area contributed by atoms with Gasteiger partial charge in [-0.2, -0.15) is 0 Å². The lowest BCUT2D eigenvalue weighted by molar-refractivity contribution is 0.0825. The maximum absolute atomic E-state index is 12.5. The van der Waals surface area contributed by atoms with Crippen LogP contribution in [0.15, 0.2) is 30.6 Å². The summed E-state index contributed by atoms with van der Waals surface area (Å²) in [6.07, 6.45) is 3.55. The molecule has 0 aliphatic rings. The van der Waals surface area contributed by atoms with Crippen LogP contribution >= 0.6 is 0 Å². The fourth-order valence-corrected chi connectivity index (χ4v) is 2.73. The maximum atomic E-state index is 12.5. The number of anilines is 1.